The molecule has 0 aliphatic rings. The molecule has 0 bridgehead atoms. The van der Waals surface area contributed by atoms with E-state index in [0.29, 0.717) is 6.54 Å². The molecular weight excluding hydrogens is 216 g/mol. The standard InChI is InChI=1S/C12H18N4O/c1-3-5-13-7-11-4-6-16(8-11)9-12-10(2)14-17-15-12/h4,6,8,13H,3,5,7,9H2,1-2H3. The van der Waals surface area contributed by atoms with E-state index in [4.69, 9.17) is 0 Å². The van der Waals surface area contributed by atoms with Crippen molar-refractivity contribution in [2.24, 2.45) is 0 Å². The van der Waals surface area contributed by atoms with Gasteiger partial charge < -0.3 is 9.88 Å². The average Bonchev–Trinajstić information content (AvgIpc) is 2.91. The first-order valence-electron chi connectivity index (χ1n) is 5.93. The van der Waals surface area contributed by atoms with Gasteiger partial charge in [-0.05, 0) is 31.5 Å². The van der Waals surface area contributed by atoms with Gasteiger partial charge in [0.05, 0.1) is 6.54 Å². The van der Waals surface area contributed by atoms with E-state index in [-0.39, 0.29) is 0 Å². The zero-order valence-electron chi connectivity index (χ0n) is 10.3. The van der Waals surface area contributed by atoms with Gasteiger partial charge >= 0.3 is 0 Å². The van der Waals surface area contributed by atoms with Crippen molar-refractivity contribution in [2.75, 3.05) is 6.54 Å². The second-order valence-electron chi connectivity index (χ2n) is 4.17. The third kappa shape index (κ3) is 3.17. The maximum Gasteiger partial charge on any atom is 0.127 e. The van der Waals surface area contributed by atoms with Crippen LogP contribution >= 0.6 is 0 Å². The number of nitrogens with zero attached hydrogens (tertiary/aromatic N) is 3. The maximum absolute atomic E-state index is 4.68. The summed E-state index contributed by atoms with van der Waals surface area (Å²) in [5.41, 5.74) is 3.02. The molecule has 0 saturated heterocycles. The Balaban J connectivity index is 1.92. The third-order valence-corrected chi connectivity index (χ3v) is 2.65. The quantitative estimate of drug-likeness (QED) is 0.773. The second kappa shape index (κ2) is 5.63. The monoisotopic (exact) mass is 234 g/mol. The molecular formula is C12H18N4O. The van der Waals surface area contributed by atoms with Crippen LogP contribution in [-0.4, -0.2) is 21.4 Å². The highest BCUT2D eigenvalue weighted by Gasteiger charge is 2.05. The highest BCUT2D eigenvalue weighted by molar-refractivity contribution is 5.13. The third-order valence-electron chi connectivity index (χ3n) is 2.65. The minimum atomic E-state index is 0.711. The lowest BCUT2D eigenvalue weighted by Crippen LogP contribution is -2.13. The lowest BCUT2D eigenvalue weighted by molar-refractivity contribution is 0.300. The van der Waals surface area contributed by atoms with Crippen molar-refractivity contribution >= 4 is 0 Å². The Labute approximate surface area is 101 Å². The van der Waals surface area contributed by atoms with Crippen molar-refractivity contribution in [1.82, 2.24) is 20.2 Å². The van der Waals surface area contributed by atoms with Gasteiger partial charge in [-0.2, -0.15) is 0 Å². The van der Waals surface area contributed by atoms with Gasteiger partial charge in [0.25, 0.3) is 0 Å². The summed E-state index contributed by atoms with van der Waals surface area (Å²) in [7, 11) is 0. The van der Waals surface area contributed by atoms with Crippen molar-refractivity contribution in [2.45, 2.75) is 33.4 Å². The van der Waals surface area contributed by atoms with Gasteiger partial charge in [0, 0.05) is 18.9 Å². The molecule has 0 amide bonds. The normalized spacial score (nSPS) is 10.9. The summed E-state index contributed by atoms with van der Waals surface area (Å²) in [6, 6.07) is 2.12. The molecule has 1 N–H and O–H groups in total. The minimum Gasteiger partial charge on any atom is -0.348 e. The molecule has 2 aromatic heterocycles. The number of aryl methyl sites for hydroxylation is 1. The van der Waals surface area contributed by atoms with Gasteiger partial charge in [0.1, 0.15) is 11.4 Å². The van der Waals surface area contributed by atoms with Crippen LogP contribution in [0.1, 0.15) is 30.3 Å². The number of aromatic nitrogens is 3. The van der Waals surface area contributed by atoms with Crippen LogP contribution < -0.4 is 5.32 Å². The summed E-state index contributed by atoms with van der Waals surface area (Å²) >= 11 is 0. The van der Waals surface area contributed by atoms with Crippen molar-refractivity contribution in [1.29, 1.82) is 0 Å². The Kier molecular flexibility index (Phi) is 3.93. The van der Waals surface area contributed by atoms with E-state index >= 15 is 0 Å². The summed E-state index contributed by atoms with van der Waals surface area (Å²) in [6.45, 7) is 6.75. The molecule has 17 heavy (non-hydrogen) atoms. The van der Waals surface area contributed by atoms with E-state index < -0.39 is 0 Å². The second-order valence-corrected chi connectivity index (χ2v) is 4.17. The predicted octanol–water partition coefficient (Wildman–Crippen LogP) is 1.73. The van der Waals surface area contributed by atoms with Gasteiger partial charge in [-0.15, -0.1) is 0 Å². The smallest absolute Gasteiger partial charge is 0.127 e. The molecule has 92 valence electrons. The van der Waals surface area contributed by atoms with Crippen molar-refractivity contribution in [3.8, 4) is 0 Å². The molecule has 0 aliphatic carbocycles. The number of rotatable bonds is 6. The molecule has 0 spiro atoms. The molecule has 2 heterocycles. The minimum absolute atomic E-state index is 0.711. The van der Waals surface area contributed by atoms with Crippen molar-refractivity contribution < 1.29 is 4.63 Å². The van der Waals surface area contributed by atoms with Gasteiger partial charge in [-0.25, -0.2) is 4.63 Å². The molecule has 0 aromatic carbocycles. The first-order valence-corrected chi connectivity index (χ1v) is 5.93. The van der Waals surface area contributed by atoms with E-state index in [0.717, 1.165) is 30.9 Å². The van der Waals surface area contributed by atoms with Crippen LogP contribution in [0.4, 0.5) is 0 Å². The molecule has 0 atom stereocenters. The molecule has 2 aromatic rings. The van der Waals surface area contributed by atoms with Crippen LogP contribution in [0, 0.1) is 6.92 Å². The Bertz CT molecular complexity index is 461. The van der Waals surface area contributed by atoms with Crippen LogP contribution in [-0.2, 0) is 13.1 Å². The Morgan fingerprint density at radius 2 is 2.29 bits per heavy atom. The van der Waals surface area contributed by atoms with E-state index in [1.165, 1.54) is 5.56 Å². The SMILES string of the molecule is CCCNCc1ccn(Cc2nonc2C)c1. The Morgan fingerprint density at radius 1 is 1.41 bits per heavy atom. The zero-order valence-corrected chi connectivity index (χ0v) is 10.3. The highest BCUT2D eigenvalue weighted by atomic mass is 16.6. The highest BCUT2D eigenvalue weighted by Crippen LogP contribution is 2.07. The van der Waals surface area contributed by atoms with Gasteiger partial charge in [0.15, 0.2) is 0 Å². The van der Waals surface area contributed by atoms with E-state index in [1.54, 1.807) is 0 Å². The fourth-order valence-corrected chi connectivity index (χ4v) is 1.67. The molecule has 0 unspecified atom stereocenters. The molecule has 5 nitrogen and oxygen atoms in total. The van der Waals surface area contributed by atoms with Crippen LogP contribution in [0.2, 0.25) is 0 Å². The molecule has 0 fully saturated rings. The first kappa shape index (κ1) is 11.9. The average molecular weight is 234 g/mol. The largest absolute Gasteiger partial charge is 0.348 e. The summed E-state index contributed by atoms with van der Waals surface area (Å²) < 4.78 is 6.77. The summed E-state index contributed by atoms with van der Waals surface area (Å²) in [6.07, 6.45) is 5.33. The maximum atomic E-state index is 4.68. The lowest BCUT2D eigenvalue weighted by atomic mass is 10.3. The Morgan fingerprint density at radius 3 is 3.00 bits per heavy atom. The zero-order chi connectivity index (χ0) is 12.1. The van der Waals surface area contributed by atoms with Crippen LogP contribution in [0.25, 0.3) is 0 Å². The Hall–Kier alpha value is -1.62. The van der Waals surface area contributed by atoms with Crippen LogP contribution in [0.5, 0.6) is 0 Å². The van der Waals surface area contributed by atoms with Crippen LogP contribution in [0.3, 0.4) is 0 Å². The topological polar surface area (TPSA) is 55.9 Å². The van der Waals surface area contributed by atoms with E-state index in [9.17, 15) is 0 Å². The summed E-state index contributed by atoms with van der Waals surface area (Å²) in [4.78, 5) is 0. The number of nitrogens with one attached hydrogen (secondary N) is 1. The number of hydrogen-bond donors (Lipinski definition) is 1. The predicted molar refractivity (Wildman–Crippen MR) is 64.6 cm³/mol. The molecule has 5 heteroatoms. The molecule has 0 saturated carbocycles. The van der Waals surface area contributed by atoms with Gasteiger partial charge in [-0.3, -0.25) is 0 Å². The summed E-state index contributed by atoms with van der Waals surface area (Å²) in [5, 5.41) is 11.0. The van der Waals surface area contributed by atoms with Crippen molar-refractivity contribution in [3.05, 3.63) is 35.4 Å². The fourth-order valence-electron chi connectivity index (χ4n) is 1.67. The van der Waals surface area contributed by atoms with E-state index in [2.05, 4.69) is 50.2 Å². The molecule has 0 aliphatic heterocycles. The van der Waals surface area contributed by atoms with Crippen LogP contribution in [0.15, 0.2) is 23.1 Å². The molecule has 2 rings (SSSR count). The number of hydrogen-bond acceptors (Lipinski definition) is 4. The fraction of sp³-hybridized carbons (Fsp3) is 0.500. The lowest BCUT2D eigenvalue weighted by Gasteiger charge is -2.00. The first-order chi connectivity index (χ1) is 8.29. The van der Waals surface area contributed by atoms with Crippen molar-refractivity contribution in [3.63, 3.8) is 0 Å². The van der Waals surface area contributed by atoms with Gasteiger partial charge in [0.2, 0.25) is 0 Å². The van der Waals surface area contributed by atoms with Gasteiger partial charge in [-0.1, -0.05) is 17.2 Å². The summed E-state index contributed by atoms with van der Waals surface area (Å²) in [5.74, 6) is 0. The molecule has 0 radical (unpaired) electrons. The van der Waals surface area contributed by atoms with E-state index in [1.807, 2.05) is 6.92 Å².